The van der Waals surface area contributed by atoms with Crippen molar-refractivity contribution in [3.63, 3.8) is 0 Å². The molecule has 2 unspecified atom stereocenters. The van der Waals surface area contributed by atoms with Crippen LogP contribution in [0.3, 0.4) is 0 Å². The predicted octanol–water partition coefficient (Wildman–Crippen LogP) is 2.25. The maximum Gasteiger partial charge on any atom is 0.326 e. The summed E-state index contributed by atoms with van der Waals surface area (Å²) in [5.41, 5.74) is -0.677. The van der Waals surface area contributed by atoms with Crippen LogP contribution in [0.2, 0.25) is 0 Å². The molecule has 0 saturated carbocycles. The van der Waals surface area contributed by atoms with Crippen molar-refractivity contribution < 1.29 is 14.7 Å². The Labute approximate surface area is 128 Å². The fourth-order valence-electron chi connectivity index (χ4n) is 3.12. The van der Waals surface area contributed by atoms with Crippen LogP contribution in [0.25, 0.3) is 0 Å². The number of carbonyl (C=O) groups excluding carboxylic acids is 1. The molecule has 0 aromatic carbocycles. The van der Waals surface area contributed by atoms with E-state index in [4.69, 9.17) is 0 Å². The van der Waals surface area contributed by atoms with Crippen molar-refractivity contribution in [2.24, 2.45) is 5.92 Å². The van der Waals surface area contributed by atoms with Crippen LogP contribution in [0, 0.1) is 5.92 Å². The van der Waals surface area contributed by atoms with Gasteiger partial charge in [0.05, 0.1) is 5.54 Å². The number of aliphatic carboxylic acids is 1. The van der Waals surface area contributed by atoms with E-state index in [0.29, 0.717) is 6.04 Å². The molecule has 1 saturated heterocycles. The van der Waals surface area contributed by atoms with Gasteiger partial charge in [-0.1, -0.05) is 27.2 Å². The number of carboxylic acids is 1. The Bertz CT molecular complexity index is 380. The molecular formula is C16H30N2O3. The van der Waals surface area contributed by atoms with Gasteiger partial charge in [0.25, 0.3) is 0 Å². The maximum absolute atomic E-state index is 12.6. The van der Waals surface area contributed by atoms with Gasteiger partial charge in [-0.15, -0.1) is 0 Å². The van der Waals surface area contributed by atoms with E-state index in [2.05, 4.69) is 17.1 Å². The van der Waals surface area contributed by atoms with E-state index in [0.717, 1.165) is 25.8 Å². The van der Waals surface area contributed by atoms with Gasteiger partial charge < -0.3 is 10.4 Å². The molecule has 1 heterocycles. The van der Waals surface area contributed by atoms with Crippen molar-refractivity contribution >= 4 is 11.9 Å². The minimum atomic E-state index is -0.972. The molecule has 0 bridgehead atoms. The molecule has 0 radical (unpaired) electrons. The van der Waals surface area contributed by atoms with Crippen LogP contribution in [-0.4, -0.2) is 46.1 Å². The largest absolute Gasteiger partial charge is 0.480 e. The zero-order chi connectivity index (χ0) is 16.2. The summed E-state index contributed by atoms with van der Waals surface area (Å²) in [7, 11) is 0. The molecule has 21 heavy (non-hydrogen) atoms. The number of carboxylic acid groups (broad SMARTS) is 1. The molecule has 122 valence electrons. The van der Waals surface area contributed by atoms with E-state index in [1.807, 2.05) is 27.7 Å². The van der Waals surface area contributed by atoms with Crippen LogP contribution < -0.4 is 5.32 Å². The Morgan fingerprint density at radius 2 is 1.95 bits per heavy atom. The summed E-state index contributed by atoms with van der Waals surface area (Å²) in [6, 6.07) is -0.427. The molecule has 0 spiro atoms. The zero-order valence-corrected chi connectivity index (χ0v) is 14.0. The Morgan fingerprint density at radius 1 is 1.33 bits per heavy atom. The Balaban J connectivity index is 2.84. The topological polar surface area (TPSA) is 69.6 Å². The first-order chi connectivity index (χ1) is 9.71. The van der Waals surface area contributed by atoms with Gasteiger partial charge in [-0.05, 0) is 45.6 Å². The smallest absolute Gasteiger partial charge is 0.326 e. The van der Waals surface area contributed by atoms with Gasteiger partial charge in [-0.2, -0.15) is 0 Å². The second kappa shape index (κ2) is 7.25. The lowest BCUT2D eigenvalue weighted by Gasteiger charge is -2.45. The normalized spacial score (nSPS) is 22.1. The highest BCUT2D eigenvalue weighted by Crippen LogP contribution is 2.28. The summed E-state index contributed by atoms with van der Waals surface area (Å²) in [5.74, 6) is -1.30. The highest BCUT2D eigenvalue weighted by Gasteiger charge is 2.40. The minimum Gasteiger partial charge on any atom is -0.480 e. The molecule has 5 nitrogen and oxygen atoms in total. The van der Waals surface area contributed by atoms with Crippen LogP contribution in [0.5, 0.6) is 0 Å². The third-order valence-electron chi connectivity index (χ3n) is 4.59. The Hall–Kier alpha value is -1.10. The van der Waals surface area contributed by atoms with Gasteiger partial charge in [0.15, 0.2) is 0 Å². The van der Waals surface area contributed by atoms with Gasteiger partial charge in [-0.3, -0.25) is 9.69 Å². The van der Waals surface area contributed by atoms with E-state index in [1.54, 1.807) is 0 Å². The van der Waals surface area contributed by atoms with Crippen molar-refractivity contribution in [3.8, 4) is 0 Å². The predicted molar refractivity (Wildman–Crippen MR) is 83.1 cm³/mol. The number of carbonyl (C=O) groups is 2. The van der Waals surface area contributed by atoms with Crippen LogP contribution >= 0.6 is 0 Å². The molecule has 1 rings (SSSR count). The Morgan fingerprint density at radius 3 is 2.43 bits per heavy atom. The third-order valence-corrected chi connectivity index (χ3v) is 4.59. The van der Waals surface area contributed by atoms with Crippen molar-refractivity contribution in [1.29, 1.82) is 0 Å². The number of hydrogen-bond acceptors (Lipinski definition) is 3. The quantitative estimate of drug-likeness (QED) is 0.789. The van der Waals surface area contributed by atoms with E-state index >= 15 is 0 Å². The number of amides is 1. The summed E-state index contributed by atoms with van der Waals surface area (Å²) < 4.78 is 0. The number of hydrogen-bond donors (Lipinski definition) is 2. The van der Waals surface area contributed by atoms with Crippen molar-refractivity contribution in [1.82, 2.24) is 10.2 Å². The molecule has 5 heteroatoms. The molecular weight excluding hydrogens is 268 g/mol. The first kappa shape index (κ1) is 18.0. The van der Waals surface area contributed by atoms with Crippen LogP contribution in [0.1, 0.15) is 60.3 Å². The number of nitrogens with zero attached hydrogens (tertiary/aromatic N) is 1. The van der Waals surface area contributed by atoms with Crippen molar-refractivity contribution in [2.75, 3.05) is 6.54 Å². The number of nitrogens with one attached hydrogen (secondary N) is 1. The van der Waals surface area contributed by atoms with Gasteiger partial charge in [0.1, 0.15) is 6.04 Å². The first-order valence-electron chi connectivity index (χ1n) is 8.02. The summed E-state index contributed by atoms with van der Waals surface area (Å²) in [6.45, 7) is 10.5. The van der Waals surface area contributed by atoms with Crippen LogP contribution in [-0.2, 0) is 9.59 Å². The average Bonchev–Trinajstić information content (AvgIpc) is 2.43. The first-order valence-corrected chi connectivity index (χ1v) is 8.02. The van der Waals surface area contributed by atoms with Crippen LogP contribution in [0.15, 0.2) is 0 Å². The van der Waals surface area contributed by atoms with Gasteiger partial charge in [-0.25, -0.2) is 4.79 Å². The SMILES string of the molecule is CCC1CCCCN1C(C)(C)C(=O)NC(C(=O)O)C(C)C. The second-order valence-corrected chi connectivity index (χ2v) is 6.84. The highest BCUT2D eigenvalue weighted by molar-refractivity contribution is 5.89. The van der Waals surface area contributed by atoms with E-state index in [1.165, 1.54) is 6.42 Å². The van der Waals surface area contributed by atoms with Gasteiger partial charge in [0.2, 0.25) is 5.91 Å². The van der Waals surface area contributed by atoms with Crippen molar-refractivity contribution in [3.05, 3.63) is 0 Å². The minimum absolute atomic E-state index is 0.134. The summed E-state index contributed by atoms with van der Waals surface area (Å²) in [4.78, 5) is 26.1. The lowest BCUT2D eigenvalue weighted by molar-refractivity contribution is -0.146. The molecule has 0 aromatic rings. The standard InChI is InChI=1S/C16H30N2O3/c1-6-12-9-7-8-10-18(12)16(4,5)15(21)17-13(11(2)3)14(19)20/h11-13H,6-10H2,1-5H3,(H,17,21)(H,19,20). The fourth-order valence-corrected chi connectivity index (χ4v) is 3.12. The fraction of sp³-hybridized carbons (Fsp3) is 0.875. The lowest BCUT2D eigenvalue weighted by Crippen LogP contribution is -2.62. The number of likely N-dealkylation sites (tertiary alicyclic amines) is 1. The Kier molecular flexibility index (Phi) is 6.20. The molecule has 1 aliphatic rings. The van der Waals surface area contributed by atoms with E-state index < -0.39 is 17.6 Å². The molecule has 1 aliphatic heterocycles. The average molecular weight is 298 g/mol. The summed E-state index contributed by atoms with van der Waals surface area (Å²) in [6.07, 6.45) is 4.43. The zero-order valence-electron chi connectivity index (χ0n) is 14.0. The van der Waals surface area contributed by atoms with Gasteiger partial charge in [0, 0.05) is 6.04 Å². The summed E-state index contributed by atoms with van der Waals surface area (Å²) in [5, 5.41) is 12.0. The third kappa shape index (κ3) is 4.19. The van der Waals surface area contributed by atoms with E-state index in [9.17, 15) is 14.7 Å². The van der Waals surface area contributed by atoms with Crippen molar-refractivity contribution in [2.45, 2.75) is 77.9 Å². The lowest BCUT2D eigenvalue weighted by atomic mass is 9.90. The van der Waals surface area contributed by atoms with Crippen LogP contribution in [0.4, 0.5) is 0 Å². The second-order valence-electron chi connectivity index (χ2n) is 6.84. The molecule has 2 N–H and O–H groups in total. The maximum atomic E-state index is 12.6. The monoisotopic (exact) mass is 298 g/mol. The molecule has 0 aliphatic carbocycles. The molecule has 1 fully saturated rings. The molecule has 2 atom stereocenters. The van der Waals surface area contributed by atoms with Gasteiger partial charge >= 0.3 is 5.97 Å². The number of rotatable bonds is 6. The summed E-state index contributed by atoms with van der Waals surface area (Å²) >= 11 is 0. The molecule has 0 aromatic heterocycles. The van der Waals surface area contributed by atoms with E-state index in [-0.39, 0.29) is 11.8 Å². The number of piperidine rings is 1. The highest BCUT2D eigenvalue weighted by atomic mass is 16.4. The molecule has 1 amide bonds.